The largest absolute Gasteiger partial charge is 0.377 e. The van der Waals surface area contributed by atoms with E-state index in [4.69, 9.17) is 10.6 Å². The highest BCUT2D eigenvalue weighted by atomic mass is 16.5. The maximum absolute atomic E-state index is 11.1. The van der Waals surface area contributed by atoms with Gasteiger partial charge in [0.25, 0.3) is 0 Å². The molecule has 17 heavy (non-hydrogen) atoms. The van der Waals surface area contributed by atoms with Crippen LogP contribution in [0.2, 0.25) is 0 Å². The fraction of sp³-hybridized carbons (Fsp3) is 0.444. The number of nitrogens with one attached hydrogen (secondary N) is 3. The van der Waals surface area contributed by atoms with Gasteiger partial charge in [-0.25, -0.2) is 15.8 Å². The number of amides is 1. The van der Waals surface area contributed by atoms with Gasteiger partial charge in [-0.1, -0.05) is 0 Å². The molecule has 5 N–H and O–H groups in total. The number of carbonyl (C=O) groups excluding carboxylic acids is 1. The number of nitrogens with zero attached hydrogens (tertiary/aromatic N) is 2. The van der Waals surface area contributed by atoms with Gasteiger partial charge in [0.2, 0.25) is 5.91 Å². The summed E-state index contributed by atoms with van der Waals surface area (Å²) in [5.74, 6) is 6.57. The van der Waals surface area contributed by atoms with Crippen LogP contribution in [0, 0.1) is 0 Å². The number of carbonyl (C=O) groups is 1. The van der Waals surface area contributed by atoms with Crippen LogP contribution in [-0.4, -0.2) is 36.6 Å². The predicted octanol–water partition coefficient (Wildman–Crippen LogP) is -0.933. The molecule has 8 heteroatoms. The second kappa shape index (κ2) is 6.61. The van der Waals surface area contributed by atoms with Crippen molar-refractivity contribution in [3.8, 4) is 0 Å². The van der Waals surface area contributed by atoms with E-state index in [1.807, 2.05) is 0 Å². The van der Waals surface area contributed by atoms with Gasteiger partial charge in [-0.3, -0.25) is 4.79 Å². The maximum atomic E-state index is 11.1. The van der Waals surface area contributed by atoms with Gasteiger partial charge in [-0.15, -0.1) is 0 Å². The van der Waals surface area contributed by atoms with E-state index in [0.29, 0.717) is 17.5 Å². The Labute approximate surface area is 98.9 Å². The van der Waals surface area contributed by atoms with E-state index in [1.54, 1.807) is 20.2 Å². The summed E-state index contributed by atoms with van der Waals surface area (Å²) < 4.78 is 4.93. The molecule has 8 nitrogen and oxygen atoms in total. The molecule has 0 atom stereocenters. The van der Waals surface area contributed by atoms with Gasteiger partial charge in [0.15, 0.2) is 5.82 Å². The third-order valence-corrected chi connectivity index (χ3v) is 1.90. The van der Waals surface area contributed by atoms with E-state index in [-0.39, 0.29) is 19.1 Å². The molecule has 0 aliphatic carbocycles. The van der Waals surface area contributed by atoms with Crippen LogP contribution in [0.3, 0.4) is 0 Å². The van der Waals surface area contributed by atoms with Crippen molar-refractivity contribution in [1.29, 1.82) is 0 Å². The van der Waals surface area contributed by atoms with Crippen LogP contribution in [0.4, 0.5) is 11.6 Å². The Morgan fingerprint density at radius 2 is 2.18 bits per heavy atom. The summed E-state index contributed by atoms with van der Waals surface area (Å²) in [7, 11) is 3.11. The zero-order valence-electron chi connectivity index (χ0n) is 9.78. The van der Waals surface area contributed by atoms with E-state index in [0.717, 1.165) is 0 Å². The van der Waals surface area contributed by atoms with Gasteiger partial charge < -0.3 is 20.8 Å². The lowest BCUT2D eigenvalue weighted by Crippen LogP contribution is -2.26. The zero-order valence-corrected chi connectivity index (χ0v) is 9.78. The second-order valence-corrected chi connectivity index (χ2v) is 3.16. The Bertz CT molecular complexity index is 384. The summed E-state index contributed by atoms with van der Waals surface area (Å²) in [6, 6.07) is 1.60. The van der Waals surface area contributed by atoms with Gasteiger partial charge in [0.05, 0.1) is 6.54 Å². The van der Waals surface area contributed by atoms with Crippen LogP contribution in [0.15, 0.2) is 6.07 Å². The van der Waals surface area contributed by atoms with Crippen molar-refractivity contribution in [3.05, 3.63) is 11.9 Å². The van der Waals surface area contributed by atoms with Gasteiger partial charge in [0.1, 0.15) is 18.2 Å². The van der Waals surface area contributed by atoms with E-state index in [9.17, 15) is 4.79 Å². The number of ether oxygens (including phenoxy) is 1. The summed E-state index contributed by atoms with van der Waals surface area (Å²) in [5.41, 5.74) is 2.42. The van der Waals surface area contributed by atoms with Crippen LogP contribution in [0.1, 0.15) is 5.82 Å². The topological polar surface area (TPSA) is 114 Å². The molecule has 0 spiro atoms. The summed E-state index contributed by atoms with van der Waals surface area (Å²) in [4.78, 5) is 19.3. The minimum Gasteiger partial charge on any atom is -0.377 e. The normalized spacial score (nSPS) is 9.82. The van der Waals surface area contributed by atoms with Crippen molar-refractivity contribution < 1.29 is 9.53 Å². The lowest BCUT2D eigenvalue weighted by atomic mass is 10.4. The summed E-state index contributed by atoms with van der Waals surface area (Å²) in [5, 5.41) is 5.35. The molecule has 0 aliphatic rings. The molecule has 1 heterocycles. The fourth-order valence-electron chi connectivity index (χ4n) is 1.11. The molecule has 1 aromatic rings. The summed E-state index contributed by atoms with van der Waals surface area (Å²) in [6.07, 6.45) is 0. The van der Waals surface area contributed by atoms with Crippen molar-refractivity contribution in [3.63, 3.8) is 0 Å². The van der Waals surface area contributed by atoms with Crippen LogP contribution in [0.5, 0.6) is 0 Å². The number of hydrogen-bond acceptors (Lipinski definition) is 7. The third-order valence-electron chi connectivity index (χ3n) is 1.90. The minimum absolute atomic E-state index is 0.129. The summed E-state index contributed by atoms with van der Waals surface area (Å²) in [6.45, 7) is 0.397. The zero-order chi connectivity index (χ0) is 12.7. The fourth-order valence-corrected chi connectivity index (χ4v) is 1.11. The number of nitrogens with two attached hydrogens (primary N) is 1. The highest BCUT2D eigenvalue weighted by Gasteiger charge is 2.05. The number of rotatable bonds is 6. The van der Waals surface area contributed by atoms with Gasteiger partial charge >= 0.3 is 0 Å². The van der Waals surface area contributed by atoms with Crippen molar-refractivity contribution >= 4 is 17.5 Å². The van der Waals surface area contributed by atoms with Gasteiger partial charge in [-0.05, 0) is 0 Å². The molecule has 0 saturated carbocycles. The Hall–Kier alpha value is -1.93. The number of methoxy groups -OCH3 is 1. The predicted molar refractivity (Wildman–Crippen MR) is 63.1 cm³/mol. The molecule has 0 unspecified atom stereocenters. The molecule has 0 saturated heterocycles. The number of anilines is 2. The molecule has 1 aromatic heterocycles. The van der Waals surface area contributed by atoms with E-state index in [2.05, 4.69) is 26.0 Å². The Morgan fingerprint density at radius 3 is 2.76 bits per heavy atom. The van der Waals surface area contributed by atoms with Crippen molar-refractivity contribution in [2.24, 2.45) is 5.84 Å². The quantitative estimate of drug-likeness (QED) is 0.375. The molecule has 1 rings (SSSR count). The Balaban J connectivity index is 2.75. The summed E-state index contributed by atoms with van der Waals surface area (Å²) >= 11 is 0. The van der Waals surface area contributed by atoms with E-state index < -0.39 is 0 Å². The second-order valence-electron chi connectivity index (χ2n) is 3.16. The lowest BCUT2D eigenvalue weighted by Gasteiger charge is -2.08. The highest BCUT2D eigenvalue weighted by molar-refractivity contribution is 5.80. The molecule has 0 aliphatic heterocycles. The number of hydrogen-bond donors (Lipinski definition) is 4. The molecular formula is C9H16N6O2. The average molecular weight is 240 g/mol. The first-order valence-electron chi connectivity index (χ1n) is 4.97. The SMILES string of the molecule is CNC(=O)CNc1cc(NN)nc(COC)n1. The number of hydrazine groups is 1. The molecular weight excluding hydrogens is 224 g/mol. The lowest BCUT2D eigenvalue weighted by molar-refractivity contribution is -0.118. The van der Waals surface area contributed by atoms with Crippen LogP contribution in [-0.2, 0) is 16.1 Å². The Morgan fingerprint density at radius 1 is 1.47 bits per heavy atom. The number of nitrogen functional groups attached to an aromatic ring is 1. The van der Waals surface area contributed by atoms with Crippen LogP contribution < -0.4 is 21.9 Å². The average Bonchev–Trinajstić information content (AvgIpc) is 2.36. The molecule has 1 amide bonds. The van der Waals surface area contributed by atoms with Crippen LogP contribution in [0.25, 0.3) is 0 Å². The van der Waals surface area contributed by atoms with Crippen molar-refractivity contribution in [1.82, 2.24) is 15.3 Å². The molecule has 0 radical (unpaired) electrons. The monoisotopic (exact) mass is 240 g/mol. The van der Waals surface area contributed by atoms with Crippen LogP contribution >= 0.6 is 0 Å². The third kappa shape index (κ3) is 4.21. The van der Waals surface area contributed by atoms with E-state index >= 15 is 0 Å². The number of likely N-dealkylation sites (N-methyl/N-ethyl adjacent to an activating group) is 1. The van der Waals surface area contributed by atoms with Crippen molar-refractivity contribution in [2.45, 2.75) is 6.61 Å². The first-order valence-corrected chi connectivity index (χ1v) is 4.97. The number of aromatic nitrogens is 2. The van der Waals surface area contributed by atoms with E-state index in [1.165, 1.54) is 0 Å². The standard InChI is InChI=1S/C9H16N6O2/c1-11-9(16)4-12-6-3-7(15-10)14-8(13-6)5-17-2/h3H,4-5,10H2,1-2H3,(H,11,16)(H2,12,13,14,15). The molecule has 94 valence electrons. The maximum Gasteiger partial charge on any atom is 0.239 e. The Kier molecular flexibility index (Phi) is 5.11. The van der Waals surface area contributed by atoms with Gasteiger partial charge in [-0.2, -0.15) is 0 Å². The molecule has 0 aromatic carbocycles. The smallest absolute Gasteiger partial charge is 0.239 e. The molecule has 0 fully saturated rings. The van der Waals surface area contributed by atoms with Gasteiger partial charge in [0, 0.05) is 20.2 Å². The first-order chi connectivity index (χ1) is 8.19. The first kappa shape index (κ1) is 13.1. The minimum atomic E-state index is -0.140. The van der Waals surface area contributed by atoms with Crippen molar-refractivity contribution in [2.75, 3.05) is 31.4 Å². The molecule has 0 bridgehead atoms. The highest BCUT2D eigenvalue weighted by Crippen LogP contribution is 2.10.